The van der Waals surface area contributed by atoms with E-state index in [2.05, 4.69) is 4.98 Å². The lowest BCUT2D eigenvalue weighted by atomic mass is 10.1. The first kappa shape index (κ1) is 13.4. The third kappa shape index (κ3) is 2.42. The molecule has 1 saturated heterocycles. The molecule has 1 aliphatic rings. The fraction of sp³-hybridized carbons (Fsp3) is 0.600. The number of aromatic amines is 1. The van der Waals surface area contributed by atoms with Gasteiger partial charge in [-0.25, -0.2) is 4.79 Å². The summed E-state index contributed by atoms with van der Waals surface area (Å²) in [6, 6.07) is -1.07. The predicted molar refractivity (Wildman–Crippen MR) is 62.5 cm³/mol. The summed E-state index contributed by atoms with van der Waals surface area (Å²) in [5, 5.41) is 19.9. The van der Waals surface area contributed by atoms with Gasteiger partial charge in [-0.3, -0.25) is 24.5 Å². The Morgan fingerprint density at radius 2 is 2.32 bits per heavy atom. The molecule has 104 valence electrons. The Hall–Kier alpha value is -2.00. The number of H-pyrrole nitrogens is 1. The van der Waals surface area contributed by atoms with Crippen LogP contribution in [0.2, 0.25) is 0 Å². The lowest BCUT2D eigenvalue weighted by Gasteiger charge is -2.13. The lowest BCUT2D eigenvalue weighted by Crippen LogP contribution is -2.33. The van der Waals surface area contributed by atoms with Gasteiger partial charge in [0, 0.05) is 16.7 Å². The van der Waals surface area contributed by atoms with Crippen LogP contribution in [0.15, 0.2) is 15.8 Å². The Bertz CT molecular complexity index is 606. The first-order valence-electron chi connectivity index (χ1n) is 5.66. The van der Waals surface area contributed by atoms with E-state index in [0.29, 0.717) is 5.56 Å². The molecular weight excluding hydrogens is 258 g/mol. The molecule has 1 aromatic heterocycles. The van der Waals surface area contributed by atoms with Crippen molar-refractivity contribution < 1.29 is 14.8 Å². The van der Waals surface area contributed by atoms with E-state index in [9.17, 15) is 19.7 Å². The Kier molecular flexibility index (Phi) is 3.49. The van der Waals surface area contributed by atoms with E-state index in [1.165, 1.54) is 13.1 Å². The molecule has 0 spiro atoms. The number of aryl methyl sites for hydroxylation is 1. The van der Waals surface area contributed by atoms with Crippen LogP contribution in [0.3, 0.4) is 0 Å². The average Bonchev–Trinajstić information content (AvgIpc) is 2.77. The lowest BCUT2D eigenvalue weighted by molar-refractivity contribution is -0.527. The van der Waals surface area contributed by atoms with Gasteiger partial charge in [0.25, 0.3) is 5.56 Å². The number of aromatic nitrogens is 2. The molecule has 0 amide bonds. The van der Waals surface area contributed by atoms with Gasteiger partial charge >= 0.3 is 5.69 Å². The van der Waals surface area contributed by atoms with Crippen molar-refractivity contribution in [3.8, 4) is 0 Å². The smallest absolute Gasteiger partial charge is 0.330 e. The van der Waals surface area contributed by atoms with Crippen molar-refractivity contribution in [3.63, 3.8) is 0 Å². The molecule has 9 nitrogen and oxygen atoms in total. The van der Waals surface area contributed by atoms with Crippen LogP contribution in [0.1, 0.15) is 18.2 Å². The molecule has 0 radical (unpaired) electrons. The zero-order chi connectivity index (χ0) is 14.2. The number of aliphatic hydroxyl groups excluding tert-OH is 1. The highest BCUT2D eigenvalue weighted by Crippen LogP contribution is 2.29. The molecule has 3 atom stereocenters. The normalized spacial score (nSPS) is 26.5. The van der Waals surface area contributed by atoms with Crippen molar-refractivity contribution in [2.45, 2.75) is 31.7 Å². The van der Waals surface area contributed by atoms with Crippen LogP contribution >= 0.6 is 0 Å². The largest absolute Gasteiger partial charge is 0.393 e. The molecule has 1 aromatic rings. The summed E-state index contributed by atoms with van der Waals surface area (Å²) in [6.07, 6.45) is -0.568. The molecule has 2 N–H and O–H groups in total. The van der Waals surface area contributed by atoms with Gasteiger partial charge < -0.3 is 9.84 Å². The van der Waals surface area contributed by atoms with Crippen LogP contribution in [0.25, 0.3) is 0 Å². The summed E-state index contributed by atoms with van der Waals surface area (Å²) in [4.78, 5) is 35.3. The zero-order valence-electron chi connectivity index (χ0n) is 10.1. The highest BCUT2D eigenvalue weighted by molar-refractivity contribution is 5.02. The highest BCUT2D eigenvalue weighted by atomic mass is 16.6. The van der Waals surface area contributed by atoms with E-state index in [-0.39, 0.29) is 6.42 Å². The summed E-state index contributed by atoms with van der Waals surface area (Å²) in [7, 11) is 0. The molecule has 1 aliphatic heterocycles. The van der Waals surface area contributed by atoms with Gasteiger partial charge in [-0.2, -0.15) is 0 Å². The second kappa shape index (κ2) is 4.94. The number of nitro groups is 1. The fourth-order valence-electron chi connectivity index (χ4n) is 2.07. The maximum atomic E-state index is 11.6. The molecule has 0 aliphatic carbocycles. The van der Waals surface area contributed by atoms with Gasteiger partial charge in [-0.05, 0) is 6.92 Å². The van der Waals surface area contributed by atoms with Crippen LogP contribution in [0.5, 0.6) is 0 Å². The molecular formula is C10H13N3O6. The van der Waals surface area contributed by atoms with Crippen molar-refractivity contribution >= 4 is 0 Å². The minimum Gasteiger partial charge on any atom is -0.393 e. The summed E-state index contributed by atoms with van der Waals surface area (Å²) in [5.41, 5.74) is -0.904. The van der Waals surface area contributed by atoms with E-state index < -0.39 is 41.2 Å². The Morgan fingerprint density at radius 1 is 1.63 bits per heavy atom. The number of nitrogens with zero attached hydrogens (tertiary/aromatic N) is 2. The number of ether oxygens (including phenoxy) is 1. The predicted octanol–water partition coefficient (Wildman–Crippen LogP) is -1.23. The van der Waals surface area contributed by atoms with Gasteiger partial charge in [0.2, 0.25) is 6.04 Å². The first-order chi connectivity index (χ1) is 8.93. The van der Waals surface area contributed by atoms with Gasteiger partial charge in [0.1, 0.15) is 6.23 Å². The number of aliphatic hydroxyl groups is 1. The van der Waals surface area contributed by atoms with E-state index in [0.717, 1.165) is 4.57 Å². The number of hydrogen-bond donors (Lipinski definition) is 2. The molecule has 2 rings (SSSR count). The summed E-state index contributed by atoms with van der Waals surface area (Å²) in [6.45, 7) is 1.01. The van der Waals surface area contributed by atoms with Gasteiger partial charge in [0.05, 0.1) is 13.0 Å². The first-order valence-corrected chi connectivity index (χ1v) is 5.66. The summed E-state index contributed by atoms with van der Waals surface area (Å²) < 4.78 is 6.40. The van der Waals surface area contributed by atoms with Gasteiger partial charge in [-0.15, -0.1) is 0 Å². The van der Waals surface area contributed by atoms with Crippen LogP contribution in [0, 0.1) is 17.0 Å². The minimum atomic E-state index is -1.07. The van der Waals surface area contributed by atoms with Gasteiger partial charge in [-0.1, -0.05) is 0 Å². The Labute approximate surface area is 106 Å². The molecule has 1 fully saturated rings. The monoisotopic (exact) mass is 271 g/mol. The third-order valence-corrected chi connectivity index (χ3v) is 3.11. The molecule has 0 bridgehead atoms. The maximum Gasteiger partial charge on any atom is 0.330 e. The van der Waals surface area contributed by atoms with Crippen molar-refractivity contribution in [3.05, 3.63) is 42.7 Å². The fourth-order valence-corrected chi connectivity index (χ4v) is 2.07. The average molecular weight is 271 g/mol. The zero-order valence-corrected chi connectivity index (χ0v) is 10.1. The molecule has 0 unspecified atom stereocenters. The molecule has 9 heteroatoms. The maximum absolute atomic E-state index is 11.6. The highest BCUT2D eigenvalue weighted by Gasteiger charge is 2.44. The number of rotatable bonds is 3. The van der Waals surface area contributed by atoms with Crippen molar-refractivity contribution in [2.24, 2.45) is 0 Å². The Morgan fingerprint density at radius 3 is 2.84 bits per heavy atom. The quantitative estimate of drug-likeness (QED) is 0.523. The SMILES string of the molecule is Cc1cn([C@H]2C[C@@H]([N+](=O)[O-])[C@@H](CO)O2)c(=O)[nH]c1=O. The summed E-state index contributed by atoms with van der Waals surface area (Å²) in [5.74, 6) is 0. The molecule has 19 heavy (non-hydrogen) atoms. The van der Waals surface area contributed by atoms with Crippen molar-refractivity contribution in [1.82, 2.24) is 9.55 Å². The van der Waals surface area contributed by atoms with E-state index in [1.54, 1.807) is 0 Å². The Balaban J connectivity index is 2.35. The standard InChI is InChI=1S/C10H13N3O6/c1-5-3-12(10(16)11-9(5)15)8-2-6(13(17)18)7(4-14)19-8/h3,6-8,14H,2,4H2,1H3,(H,11,15,16)/t6-,7-,8-/m1/s1. The van der Waals surface area contributed by atoms with Crippen LogP contribution < -0.4 is 11.2 Å². The van der Waals surface area contributed by atoms with E-state index >= 15 is 0 Å². The van der Waals surface area contributed by atoms with Gasteiger partial charge in [0.15, 0.2) is 6.10 Å². The second-order valence-electron chi connectivity index (χ2n) is 4.38. The second-order valence-corrected chi connectivity index (χ2v) is 4.38. The van der Waals surface area contributed by atoms with Crippen LogP contribution in [0.4, 0.5) is 0 Å². The van der Waals surface area contributed by atoms with Crippen LogP contribution in [-0.2, 0) is 4.74 Å². The third-order valence-electron chi connectivity index (χ3n) is 3.11. The van der Waals surface area contributed by atoms with Crippen molar-refractivity contribution in [2.75, 3.05) is 6.61 Å². The minimum absolute atomic E-state index is 0.0381. The topological polar surface area (TPSA) is 127 Å². The van der Waals surface area contributed by atoms with Crippen molar-refractivity contribution in [1.29, 1.82) is 0 Å². The summed E-state index contributed by atoms with van der Waals surface area (Å²) >= 11 is 0. The number of hydrogen-bond acceptors (Lipinski definition) is 6. The molecule has 0 aromatic carbocycles. The van der Waals surface area contributed by atoms with Crippen LogP contribution in [-0.4, -0.2) is 38.3 Å². The van der Waals surface area contributed by atoms with E-state index in [4.69, 9.17) is 9.84 Å². The number of nitrogens with one attached hydrogen (secondary N) is 1. The van der Waals surface area contributed by atoms with E-state index in [1.807, 2.05) is 0 Å². The molecule has 0 saturated carbocycles. The molecule has 2 heterocycles.